The molecule has 0 amide bonds. The number of hydrogen-bond donors (Lipinski definition) is 0. The minimum Gasteiger partial charge on any atom is -0.360 e. The topological polar surface area (TPSA) is 63.4 Å². The van der Waals surface area contributed by atoms with Crippen LogP contribution in [0.15, 0.2) is 9.42 Å². The van der Waals surface area contributed by atoms with Gasteiger partial charge in [0.15, 0.2) is 5.76 Å². The predicted molar refractivity (Wildman–Crippen MR) is 63.6 cm³/mol. The molecule has 1 unspecified atom stereocenters. The van der Waals surface area contributed by atoms with Crippen LogP contribution in [0.25, 0.3) is 0 Å². The Balaban J connectivity index is 2.43. The van der Waals surface area contributed by atoms with E-state index < -0.39 is 10.0 Å². The van der Waals surface area contributed by atoms with Crippen molar-refractivity contribution < 1.29 is 12.9 Å². The third-order valence-corrected chi connectivity index (χ3v) is 5.59. The van der Waals surface area contributed by atoms with Crippen molar-refractivity contribution in [3.05, 3.63) is 11.5 Å². The molecule has 0 spiro atoms. The molecule has 7 heteroatoms. The van der Waals surface area contributed by atoms with Crippen LogP contribution in [0, 0.1) is 13.8 Å². The summed E-state index contributed by atoms with van der Waals surface area (Å²) in [6.45, 7) is 3.76. The molecule has 2 heterocycles. The van der Waals surface area contributed by atoms with Gasteiger partial charge in [0.2, 0.25) is 10.0 Å². The van der Waals surface area contributed by atoms with Gasteiger partial charge in [-0.25, -0.2) is 8.42 Å². The fourth-order valence-electron chi connectivity index (χ4n) is 2.24. The summed E-state index contributed by atoms with van der Waals surface area (Å²) in [4.78, 5) is 0.189. The van der Waals surface area contributed by atoms with Crippen molar-refractivity contribution in [2.45, 2.75) is 37.6 Å². The second kappa shape index (κ2) is 4.59. The fraction of sp³-hybridized carbons (Fsp3) is 0.700. The van der Waals surface area contributed by atoms with Crippen LogP contribution in [0.3, 0.4) is 0 Å². The highest BCUT2D eigenvalue weighted by Gasteiger charge is 2.37. The van der Waals surface area contributed by atoms with E-state index in [1.807, 2.05) is 0 Å². The number of hydrogen-bond acceptors (Lipinski definition) is 4. The van der Waals surface area contributed by atoms with Gasteiger partial charge in [-0.15, -0.1) is 11.6 Å². The lowest BCUT2D eigenvalue weighted by Gasteiger charge is -2.21. The van der Waals surface area contributed by atoms with Crippen LogP contribution in [-0.2, 0) is 10.0 Å². The Morgan fingerprint density at radius 3 is 2.76 bits per heavy atom. The molecule has 2 rings (SSSR count). The van der Waals surface area contributed by atoms with Gasteiger partial charge in [-0.05, 0) is 26.7 Å². The monoisotopic (exact) mass is 278 g/mol. The van der Waals surface area contributed by atoms with Gasteiger partial charge in [0.1, 0.15) is 10.6 Å². The lowest BCUT2D eigenvalue weighted by Crippen LogP contribution is -2.36. The first-order valence-corrected chi connectivity index (χ1v) is 7.46. The number of sulfonamides is 1. The summed E-state index contributed by atoms with van der Waals surface area (Å²) in [5.41, 5.74) is 0.405. The van der Waals surface area contributed by atoms with Gasteiger partial charge in [-0.1, -0.05) is 5.16 Å². The van der Waals surface area contributed by atoms with E-state index in [4.69, 9.17) is 16.1 Å². The summed E-state index contributed by atoms with van der Waals surface area (Å²) in [5.74, 6) is 0.658. The quantitative estimate of drug-likeness (QED) is 0.789. The van der Waals surface area contributed by atoms with Crippen molar-refractivity contribution in [3.8, 4) is 0 Å². The minimum absolute atomic E-state index is 0.115. The zero-order valence-corrected chi connectivity index (χ0v) is 11.4. The van der Waals surface area contributed by atoms with Crippen LogP contribution in [0.2, 0.25) is 0 Å². The average Bonchev–Trinajstić information content (AvgIpc) is 2.85. The SMILES string of the molecule is Cc1noc(C)c1S(=O)(=O)N1CCCC1CCl. The lowest BCUT2D eigenvalue weighted by molar-refractivity contribution is 0.387. The van der Waals surface area contributed by atoms with Gasteiger partial charge in [-0.3, -0.25) is 0 Å². The van der Waals surface area contributed by atoms with Crippen molar-refractivity contribution in [1.29, 1.82) is 0 Å². The zero-order chi connectivity index (χ0) is 12.6. The largest absolute Gasteiger partial charge is 0.360 e. The molecule has 96 valence electrons. The Morgan fingerprint density at radius 1 is 1.53 bits per heavy atom. The van der Waals surface area contributed by atoms with Crippen LogP contribution < -0.4 is 0 Å². The van der Waals surface area contributed by atoms with Crippen molar-refractivity contribution >= 4 is 21.6 Å². The maximum absolute atomic E-state index is 12.5. The number of aryl methyl sites for hydroxylation is 2. The van der Waals surface area contributed by atoms with Crippen LogP contribution >= 0.6 is 11.6 Å². The van der Waals surface area contributed by atoms with E-state index in [1.54, 1.807) is 13.8 Å². The summed E-state index contributed by atoms with van der Waals surface area (Å²) >= 11 is 5.80. The highest BCUT2D eigenvalue weighted by Crippen LogP contribution is 2.29. The van der Waals surface area contributed by atoms with E-state index in [2.05, 4.69) is 5.16 Å². The Kier molecular flexibility index (Phi) is 3.47. The number of halogens is 1. The highest BCUT2D eigenvalue weighted by molar-refractivity contribution is 7.89. The molecule has 1 aromatic heterocycles. The summed E-state index contributed by atoms with van der Waals surface area (Å²) in [6.07, 6.45) is 1.66. The molecular formula is C10H15ClN2O3S. The van der Waals surface area contributed by atoms with Gasteiger partial charge in [-0.2, -0.15) is 4.31 Å². The fourth-order valence-corrected chi connectivity index (χ4v) is 4.63. The molecule has 0 N–H and O–H groups in total. The molecule has 0 bridgehead atoms. The molecule has 0 aromatic carbocycles. The summed E-state index contributed by atoms with van der Waals surface area (Å²) in [5, 5.41) is 3.69. The van der Waals surface area contributed by atoms with Gasteiger partial charge in [0, 0.05) is 18.5 Å². The Hall–Kier alpha value is -0.590. The van der Waals surface area contributed by atoms with E-state index in [0.717, 1.165) is 12.8 Å². The highest BCUT2D eigenvalue weighted by atomic mass is 35.5. The van der Waals surface area contributed by atoms with E-state index in [0.29, 0.717) is 23.9 Å². The van der Waals surface area contributed by atoms with Gasteiger partial charge in [0.05, 0.1) is 0 Å². The van der Waals surface area contributed by atoms with E-state index in [9.17, 15) is 8.42 Å². The van der Waals surface area contributed by atoms with Crippen molar-refractivity contribution in [2.24, 2.45) is 0 Å². The third-order valence-electron chi connectivity index (χ3n) is 3.04. The molecule has 0 aliphatic carbocycles. The normalized spacial score (nSPS) is 22.2. The van der Waals surface area contributed by atoms with Crippen molar-refractivity contribution in [3.63, 3.8) is 0 Å². The molecule has 0 radical (unpaired) electrons. The molecule has 17 heavy (non-hydrogen) atoms. The molecule has 1 fully saturated rings. The van der Waals surface area contributed by atoms with Crippen LogP contribution in [0.4, 0.5) is 0 Å². The number of nitrogens with zero attached hydrogens (tertiary/aromatic N) is 2. The van der Waals surface area contributed by atoms with E-state index in [1.165, 1.54) is 4.31 Å². The maximum atomic E-state index is 12.5. The molecule has 1 saturated heterocycles. The zero-order valence-electron chi connectivity index (χ0n) is 9.81. The summed E-state index contributed by atoms with van der Waals surface area (Å²) < 4.78 is 31.3. The minimum atomic E-state index is -3.53. The van der Waals surface area contributed by atoms with E-state index in [-0.39, 0.29) is 10.9 Å². The standard InChI is InChI=1S/C10H15ClN2O3S/c1-7-10(8(2)16-12-7)17(14,15)13-5-3-4-9(13)6-11/h9H,3-6H2,1-2H3. The molecule has 1 atom stereocenters. The first-order chi connectivity index (χ1) is 7.98. The average molecular weight is 279 g/mol. The van der Waals surface area contributed by atoms with Crippen LogP contribution in [0.5, 0.6) is 0 Å². The second-order valence-electron chi connectivity index (χ2n) is 4.22. The molecule has 1 aliphatic heterocycles. The molecular weight excluding hydrogens is 264 g/mol. The van der Waals surface area contributed by atoms with Gasteiger partial charge < -0.3 is 4.52 Å². The lowest BCUT2D eigenvalue weighted by atomic mass is 10.3. The van der Waals surface area contributed by atoms with Crippen LogP contribution in [-0.4, -0.2) is 36.3 Å². The Bertz CT molecular complexity index is 492. The third kappa shape index (κ3) is 2.09. The number of aromatic nitrogens is 1. The van der Waals surface area contributed by atoms with Crippen molar-refractivity contribution in [1.82, 2.24) is 9.46 Å². The first-order valence-electron chi connectivity index (χ1n) is 5.49. The molecule has 1 aliphatic rings. The summed E-state index contributed by atoms with van der Waals surface area (Å²) in [6, 6.07) is -0.115. The maximum Gasteiger partial charge on any atom is 0.248 e. The number of rotatable bonds is 3. The van der Waals surface area contributed by atoms with Crippen LogP contribution in [0.1, 0.15) is 24.3 Å². The molecule has 1 aromatic rings. The second-order valence-corrected chi connectivity index (χ2v) is 6.36. The summed E-state index contributed by atoms with van der Waals surface area (Å²) in [7, 11) is -3.53. The first kappa shape index (κ1) is 12.9. The molecule has 0 saturated carbocycles. The smallest absolute Gasteiger partial charge is 0.248 e. The van der Waals surface area contributed by atoms with Gasteiger partial charge >= 0.3 is 0 Å². The predicted octanol–water partition coefficient (Wildman–Crippen LogP) is 1.68. The Labute approximate surface area is 106 Å². The Morgan fingerprint density at radius 2 is 2.24 bits per heavy atom. The van der Waals surface area contributed by atoms with Crippen molar-refractivity contribution in [2.75, 3.05) is 12.4 Å². The number of alkyl halides is 1. The molecule has 5 nitrogen and oxygen atoms in total. The van der Waals surface area contributed by atoms with E-state index >= 15 is 0 Å². The van der Waals surface area contributed by atoms with Gasteiger partial charge in [0.25, 0.3) is 0 Å².